The smallest absolute Gasteiger partial charge is 0.307 e. The Morgan fingerprint density at radius 1 is 0.500 bits per heavy atom. The number of carbonyl (C=O) groups excluding carboxylic acids is 4. The van der Waals surface area contributed by atoms with Crippen LogP contribution in [0.2, 0.25) is 0 Å². The van der Waals surface area contributed by atoms with E-state index in [9.17, 15) is 28.0 Å². The summed E-state index contributed by atoms with van der Waals surface area (Å²) in [5.74, 6) is 0.614. The van der Waals surface area contributed by atoms with Gasteiger partial charge in [-0.2, -0.15) is 0 Å². The average Bonchev–Trinajstić information content (AvgIpc) is 4.15. The Kier molecular flexibility index (Phi) is 18.2. The molecule has 0 radical (unpaired) electrons. The van der Waals surface area contributed by atoms with Gasteiger partial charge in [-0.25, -0.2) is 18.7 Å². The van der Waals surface area contributed by atoms with Gasteiger partial charge < -0.3 is 30.7 Å². The maximum Gasteiger partial charge on any atom is 0.307 e. The van der Waals surface area contributed by atoms with Crippen LogP contribution in [0.15, 0.2) is 134 Å². The zero-order valence-corrected chi connectivity index (χ0v) is 39.6. The van der Waals surface area contributed by atoms with Crippen molar-refractivity contribution in [2.24, 2.45) is 11.8 Å². The van der Waals surface area contributed by atoms with Crippen molar-refractivity contribution in [3.8, 4) is 22.3 Å². The van der Waals surface area contributed by atoms with E-state index >= 15 is 0 Å². The van der Waals surface area contributed by atoms with Crippen molar-refractivity contribution < 1.29 is 37.4 Å². The Morgan fingerprint density at radius 2 is 0.829 bits per heavy atom. The minimum atomic E-state index is -0.369. The summed E-state index contributed by atoms with van der Waals surface area (Å²) in [4.78, 5) is 55.9. The van der Waals surface area contributed by atoms with E-state index < -0.39 is 0 Å². The van der Waals surface area contributed by atoms with Gasteiger partial charge in [0.25, 0.3) is 11.8 Å². The molecular weight excluding hydrogens is 891 g/mol. The molecule has 0 saturated heterocycles. The summed E-state index contributed by atoms with van der Waals surface area (Å²) >= 11 is 0. The Morgan fingerprint density at radius 3 is 1.13 bits per heavy atom. The summed E-state index contributed by atoms with van der Waals surface area (Å²) in [6.07, 6.45) is 12.8. The van der Waals surface area contributed by atoms with Gasteiger partial charge in [0.15, 0.2) is 0 Å². The summed E-state index contributed by atoms with van der Waals surface area (Å²) in [6.45, 7) is 0.423. The quantitative estimate of drug-likeness (QED) is 0.0611. The van der Waals surface area contributed by atoms with Crippen molar-refractivity contribution in [1.82, 2.24) is 20.6 Å². The number of halogens is 2. The molecule has 2 saturated carbocycles. The second kappa shape index (κ2) is 25.2. The number of benzene rings is 4. The third-order valence-corrected chi connectivity index (χ3v) is 13.0. The van der Waals surface area contributed by atoms with E-state index in [1.54, 1.807) is 48.8 Å². The number of hydrogen-bond donors (Lipinski definition) is 4. The Hall–Kier alpha value is -7.48. The molecule has 70 heavy (non-hydrogen) atoms. The number of rotatable bonds is 18. The van der Waals surface area contributed by atoms with Crippen LogP contribution >= 0.6 is 0 Å². The zero-order chi connectivity index (χ0) is 49.2. The molecule has 0 aliphatic heterocycles. The van der Waals surface area contributed by atoms with Crippen molar-refractivity contribution in [1.29, 1.82) is 0 Å². The first kappa shape index (κ1) is 50.4. The second-order valence-corrected chi connectivity index (χ2v) is 17.6. The van der Waals surface area contributed by atoms with Crippen LogP contribution in [0.1, 0.15) is 108 Å². The fourth-order valence-electron chi connectivity index (χ4n) is 9.09. The fraction of sp³-hybridized carbons (Fsp3) is 0.321. The van der Waals surface area contributed by atoms with Crippen molar-refractivity contribution in [3.63, 3.8) is 0 Å². The van der Waals surface area contributed by atoms with Gasteiger partial charge in [-0.3, -0.25) is 19.2 Å². The fourth-order valence-corrected chi connectivity index (χ4v) is 9.09. The van der Waals surface area contributed by atoms with Gasteiger partial charge in [-0.05, 0) is 119 Å². The third kappa shape index (κ3) is 14.3. The molecule has 4 N–H and O–H groups in total. The van der Waals surface area contributed by atoms with Crippen molar-refractivity contribution in [3.05, 3.63) is 168 Å². The zero-order valence-electron chi connectivity index (χ0n) is 39.6. The number of aromatic nitrogens is 2. The Labute approximate surface area is 408 Å². The first-order valence-corrected chi connectivity index (χ1v) is 23.9. The molecule has 2 aliphatic carbocycles. The van der Waals surface area contributed by atoms with Crippen molar-refractivity contribution >= 4 is 35.4 Å². The lowest BCUT2D eigenvalue weighted by molar-refractivity contribution is -0.141. The summed E-state index contributed by atoms with van der Waals surface area (Å²) < 4.78 is 35.7. The van der Waals surface area contributed by atoms with Gasteiger partial charge >= 0.3 is 11.9 Å². The molecule has 364 valence electrons. The van der Waals surface area contributed by atoms with E-state index in [2.05, 4.69) is 89.2 Å². The number of nitrogens with zero attached hydrogens (tertiary/aromatic N) is 2. The van der Waals surface area contributed by atoms with Gasteiger partial charge in [0.05, 0.1) is 50.3 Å². The average molecular weight is 951 g/mol. The van der Waals surface area contributed by atoms with Crippen LogP contribution in [-0.2, 0) is 19.1 Å². The summed E-state index contributed by atoms with van der Waals surface area (Å²) in [6, 6.07) is 37.1. The normalized spacial score (nSPS) is 14.3. The lowest BCUT2D eigenvalue weighted by Crippen LogP contribution is -2.26. The maximum atomic E-state index is 13.3. The lowest BCUT2D eigenvalue weighted by atomic mass is 9.90. The molecule has 12 nitrogen and oxygen atoms in total. The Balaban J connectivity index is 0.000000206. The molecule has 14 heteroatoms. The van der Waals surface area contributed by atoms with Crippen LogP contribution in [-0.4, -0.2) is 61.0 Å². The number of amides is 2. The number of hydrogen-bond acceptors (Lipinski definition) is 10. The molecule has 0 spiro atoms. The number of anilines is 2. The van der Waals surface area contributed by atoms with Gasteiger partial charge in [-0.15, -0.1) is 0 Å². The van der Waals surface area contributed by atoms with Crippen LogP contribution in [0.25, 0.3) is 22.3 Å². The van der Waals surface area contributed by atoms with E-state index in [-0.39, 0.29) is 73.4 Å². The summed E-state index contributed by atoms with van der Waals surface area (Å²) in [5.41, 5.74) is 7.25. The number of methoxy groups -OCH3 is 2. The van der Waals surface area contributed by atoms with Crippen molar-refractivity contribution in [2.75, 3.05) is 37.9 Å². The van der Waals surface area contributed by atoms with E-state index in [4.69, 9.17) is 0 Å². The first-order chi connectivity index (χ1) is 34.1. The first-order valence-electron chi connectivity index (χ1n) is 23.9. The molecule has 6 aromatic rings. The van der Waals surface area contributed by atoms with Crippen LogP contribution in [0, 0.1) is 23.5 Å². The van der Waals surface area contributed by atoms with Gasteiger partial charge in [0.2, 0.25) is 0 Å². The molecular formula is C56H60F2N6O6. The van der Waals surface area contributed by atoms with Gasteiger partial charge in [-0.1, -0.05) is 98.5 Å². The number of ether oxygens (including phenoxy) is 2. The van der Waals surface area contributed by atoms with Gasteiger partial charge in [0.1, 0.15) is 23.3 Å². The van der Waals surface area contributed by atoms with Crippen LogP contribution < -0.4 is 21.3 Å². The van der Waals surface area contributed by atoms with E-state index in [0.29, 0.717) is 34.6 Å². The molecule has 2 aliphatic rings. The summed E-state index contributed by atoms with van der Waals surface area (Å²) in [5, 5.41) is 12.6. The minimum absolute atomic E-state index is 0.104. The number of carbonyl (C=O) groups is 4. The molecule has 0 bridgehead atoms. The third-order valence-electron chi connectivity index (χ3n) is 13.0. The highest BCUT2D eigenvalue weighted by Gasteiger charge is 2.28. The van der Waals surface area contributed by atoms with Crippen LogP contribution in [0.3, 0.4) is 0 Å². The van der Waals surface area contributed by atoms with Crippen LogP contribution in [0.5, 0.6) is 0 Å². The van der Waals surface area contributed by atoms with Crippen molar-refractivity contribution in [2.45, 2.75) is 76.3 Å². The highest BCUT2D eigenvalue weighted by molar-refractivity contribution is 5.94. The van der Waals surface area contributed by atoms with Crippen LogP contribution in [0.4, 0.5) is 20.4 Å². The Bertz CT molecular complexity index is 2440. The molecule has 8 rings (SSSR count). The largest absolute Gasteiger partial charge is 0.469 e. The predicted molar refractivity (Wildman–Crippen MR) is 267 cm³/mol. The lowest BCUT2D eigenvalue weighted by Gasteiger charge is -2.26. The van der Waals surface area contributed by atoms with E-state index in [1.807, 2.05) is 12.1 Å². The predicted octanol–water partition coefficient (Wildman–Crippen LogP) is 11.0. The van der Waals surface area contributed by atoms with E-state index in [0.717, 1.165) is 47.9 Å². The number of nitrogens with one attached hydrogen (secondary N) is 4. The molecule has 2 fully saturated rings. The monoisotopic (exact) mass is 950 g/mol. The summed E-state index contributed by atoms with van der Waals surface area (Å²) in [7, 11) is 2.64. The minimum Gasteiger partial charge on any atom is -0.469 e. The SMILES string of the molecule is COC(=O)CCNC(=O)c1ccc(N[C@@H](c2ccc(-c3ccc(F)cc3)cc2)C2CCCC2)nc1.COC(=O)CCNC(=O)c1ccc(N[C@H](c2ccc(-c3ccc(F)cc3)cc2)C2CCCC2)nc1. The number of pyridine rings is 2. The van der Waals surface area contributed by atoms with Gasteiger partial charge in [0, 0.05) is 25.5 Å². The van der Waals surface area contributed by atoms with E-state index in [1.165, 1.54) is 75.3 Å². The standard InChI is InChI=1S/2C28H30FN3O3/c2*1-35-26(33)16-17-30-28(34)23-12-15-25(31-18-23)32-27(21-4-2-3-5-21)22-8-6-19(7-9-22)20-10-13-24(29)14-11-20/h2*6-15,18,21,27H,2-5,16-17H2,1H3,(H,30,34)(H,31,32)/t2*27-/m10/s1. The molecule has 4 aromatic carbocycles. The highest BCUT2D eigenvalue weighted by Crippen LogP contribution is 2.40. The topological polar surface area (TPSA) is 161 Å². The molecule has 2 amide bonds. The second-order valence-electron chi connectivity index (χ2n) is 17.6. The molecule has 2 heterocycles. The molecule has 2 atom stereocenters. The highest BCUT2D eigenvalue weighted by atomic mass is 19.1. The maximum absolute atomic E-state index is 13.3. The number of esters is 2. The molecule has 0 unspecified atom stereocenters. The molecule has 2 aromatic heterocycles.